The summed E-state index contributed by atoms with van der Waals surface area (Å²) in [5.74, 6) is -1.12. The number of fused-ring (bicyclic) bond motifs is 1. The number of hydrogen-bond acceptors (Lipinski definition) is 5. The number of ether oxygens (including phenoxy) is 1. The summed E-state index contributed by atoms with van der Waals surface area (Å²) >= 11 is 0. The highest BCUT2D eigenvalue weighted by Crippen LogP contribution is 2.44. The second-order valence-electron chi connectivity index (χ2n) is 5.14. The number of allylic oxidation sites excluding steroid dienone is 1. The normalized spacial score (nSPS) is 29.1. The first kappa shape index (κ1) is 14.8. The quantitative estimate of drug-likeness (QED) is 0.713. The Balaban J connectivity index is 2.53. The molecule has 20 heavy (non-hydrogen) atoms. The third-order valence-corrected chi connectivity index (χ3v) is 4.86. The summed E-state index contributed by atoms with van der Waals surface area (Å²) in [6, 6.07) is 0. The predicted molar refractivity (Wildman–Crippen MR) is 72.1 cm³/mol. The lowest BCUT2D eigenvalue weighted by Gasteiger charge is -2.39. The molecule has 110 valence electrons. The first-order valence-corrected chi connectivity index (χ1v) is 8.16. The average Bonchev–Trinajstić information content (AvgIpc) is 2.62. The molecular weight excluding hydrogens is 282 g/mol. The first-order chi connectivity index (χ1) is 9.20. The third kappa shape index (κ3) is 2.26. The van der Waals surface area contributed by atoms with E-state index in [2.05, 4.69) is 0 Å². The van der Waals surface area contributed by atoms with Gasteiger partial charge in [-0.05, 0) is 26.0 Å². The number of esters is 1. The topological polar surface area (TPSA) is 80.8 Å². The van der Waals surface area contributed by atoms with Gasteiger partial charge in [-0.3, -0.25) is 9.10 Å². The summed E-state index contributed by atoms with van der Waals surface area (Å²) in [5, 5.41) is 0. The van der Waals surface area contributed by atoms with Crippen LogP contribution in [0.3, 0.4) is 0 Å². The van der Waals surface area contributed by atoms with Crippen molar-refractivity contribution in [2.24, 2.45) is 5.92 Å². The van der Waals surface area contributed by atoms with Gasteiger partial charge >= 0.3 is 5.97 Å². The summed E-state index contributed by atoms with van der Waals surface area (Å²) in [6.07, 6.45) is 5.67. The summed E-state index contributed by atoms with van der Waals surface area (Å²) in [4.78, 5) is 23.5. The van der Waals surface area contributed by atoms with E-state index in [0.717, 1.165) is 10.6 Å². The van der Waals surface area contributed by atoms with Crippen LogP contribution >= 0.6 is 0 Å². The fourth-order valence-corrected chi connectivity index (χ4v) is 4.14. The van der Waals surface area contributed by atoms with E-state index in [9.17, 15) is 18.0 Å². The molecule has 0 bridgehead atoms. The Morgan fingerprint density at radius 2 is 2.20 bits per heavy atom. The molecule has 1 aliphatic carbocycles. The van der Waals surface area contributed by atoms with Gasteiger partial charge < -0.3 is 4.74 Å². The maximum atomic E-state index is 12.1. The fourth-order valence-electron chi connectivity index (χ4n) is 2.73. The monoisotopic (exact) mass is 299 g/mol. The molecule has 0 unspecified atom stereocenters. The van der Waals surface area contributed by atoms with Gasteiger partial charge in [0.2, 0.25) is 10.0 Å². The van der Waals surface area contributed by atoms with Gasteiger partial charge in [-0.25, -0.2) is 13.2 Å². The van der Waals surface area contributed by atoms with Crippen LogP contribution in [0.15, 0.2) is 23.9 Å². The molecule has 0 aromatic rings. The molecule has 6 nitrogen and oxygen atoms in total. The highest BCUT2D eigenvalue weighted by Gasteiger charge is 2.51. The summed E-state index contributed by atoms with van der Waals surface area (Å²) < 4.78 is 30.1. The molecule has 1 heterocycles. The Hall–Kier alpha value is -1.63. The van der Waals surface area contributed by atoms with E-state index < -0.39 is 21.5 Å². The minimum atomic E-state index is -3.66. The molecule has 0 aromatic carbocycles. The minimum Gasteiger partial charge on any atom is -0.461 e. The van der Waals surface area contributed by atoms with Crippen molar-refractivity contribution in [2.45, 2.75) is 25.8 Å². The number of hydrogen-bond donors (Lipinski definition) is 0. The number of nitrogens with zero attached hydrogens (tertiary/aromatic N) is 1. The molecule has 0 N–H and O–H groups in total. The van der Waals surface area contributed by atoms with Crippen molar-refractivity contribution < 1.29 is 22.7 Å². The lowest BCUT2D eigenvalue weighted by molar-refractivity contribution is -0.139. The van der Waals surface area contributed by atoms with Crippen LogP contribution in [0.2, 0.25) is 0 Å². The van der Waals surface area contributed by atoms with Crippen molar-refractivity contribution in [2.75, 3.05) is 12.9 Å². The fraction of sp³-hybridized carbons (Fsp3) is 0.538. The van der Waals surface area contributed by atoms with Gasteiger partial charge in [-0.15, -0.1) is 0 Å². The summed E-state index contributed by atoms with van der Waals surface area (Å²) in [6.45, 7) is 3.50. The Kier molecular flexibility index (Phi) is 3.49. The molecule has 2 rings (SSSR count). The Bertz CT molecular complexity index is 619. The second kappa shape index (κ2) is 4.73. The maximum Gasteiger partial charge on any atom is 0.355 e. The molecule has 0 saturated carbocycles. The molecule has 7 heteroatoms. The molecule has 0 aromatic heterocycles. The number of ketones is 1. The van der Waals surface area contributed by atoms with Crippen LogP contribution < -0.4 is 0 Å². The van der Waals surface area contributed by atoms with Crippen molar-refractivity contribution in [3.8, 4) is 0 Å². The van der Waals surface area contributed by atoms with Crippen molar-refractivity contribution in [3.63, 3.8) is 0 Å². The van der Waals surface area contributed by atoms with Crippen LogP contribution in [0.5, 0.6) is 0 Å². The Morgan fingerprint density at radius 3 is 2.75 bits per heavy atom. The van der Waals surface area contributed by atoms with Gasteiger partial charge in [0, 0.05) is 12.3 Å². The van der Waals surface area contributed by atoms with Crippen LogP contribution in [0.25, 0.3) is 0 Å². The summed E-state index contributed by atoms with van der Waals surface area (Å²) in [7, 11) is -3.66. The lowest BCUT2D eigenvalue weighted by atomic mass is 9.80. The molecule has 1 aliphatic heterocycles. The van der Waals surface area contributed by atoms with Gasteiger partial charge in [0.1, 0.15) is 5.70 Å². The number of carbonyl (C=O) groups excluding carboxylic acids is 2. The zero-order valence-corrected chi connectivity index (χ0v) is 12.4. The molecule has 0 saturated heterocycles. The lowest BCUT2D eigenvalue weighted by Crippen LogP contribution is -2.50. The highest BCUT2D eigenvalue weighted by molar-refractivity contribution is 7.88. The van der Waals surface area contributed by atoms with Crippen molar-refractivity contribution in [1.82, 2.24) is 4.31 Å². The van der Waals surface area contributed by atoms with Gasteiger partial charge in [0.15, 0.2) is 5.78 Å². The molecule has 2 aliphatic rings. The largest absolute Gasteiger partial charge is 0.461 e. The van der Waals surface area contributed by atoms with Crippen molar-refractivity contribution in [3.05, 3.63) is 23.9 Å². The van der Waals surface area contributed by atoms with E-state index in [1.807, 2.05) is 0 Å². The van der Waals surface area contributed by atoms with Crippen molar-refractivity contribution >= 4 is 21.8 Å². The van der Waals surface area contributed by atoms with E-state index in [-0.39, 0.29) is 30.4 Å². The summed E-state index contributed by atoms with van der Waals surface area (Å²) in [5.41, 5.74) is -0.940. The zero-order chi connectivity index (χ0) is 15.1. The van der Waals surface area contributed by atoms with E-state index in [1.165, 1.54) is 12.2 Å². The van der Waals surface area contributed by atoms with E-state index >= 15 is 0 Å². The van der Waals surface area contributed by atoms with Crippen LogP contribution in [-0.4, -0.2) is 42.9 Å². The number of sulfonamides is 1. The Morgan fingerprint density at radius 1 is 1.55 bits per heavy atom. The standard InChI is InChI=1S/C13H17NO5S/c1-4-19-12(16)11-8-9-7-10(15)5-6-13(9,2)14(11)20(3,17)18/h5-6,8-9H,4,7H2,1-3H3/t9-,13-/m1/s1. The average molecular weight is 299 g/mol. The van der Waals surface area contributed by atoms with Crippen LogP contribution in [0.1, 0.15) is 20.3 Å². The van der Waals surface area contributed by atoms with E-state index in [1.54, 1.807) is 19.9 Å². The molecule has 2 atom stereocenters. The van der Waals surface area contributed by atoms with Crippen molar-refractivity contribution in [1.29, 1.82) is 0 Å². The smallest absolute Gasteiger partial charge is 0.355 e. The van der Waals surface area contributed by atoms with Crippen LogP contribution in [-0.2, 0) is 24.3 Å². The van der Waals surface area contributed by atoms with Gasteiger partial charge in [0.05, 0.1) is 18.4 Å². The minimum absolute atomic E-state index is 0.0128. The van der Waals surface area contributed by atoms with E-state index in [4.69, 9.17) is 4.74 Å². The SMILES string of the molecule is CCOC(=O)C1=C[C@H]2CC(=O)C=C[C@@]2(C)N1S(C)(=O)=O. The van der Waals surface area contributed by atoms with Gasteiger partial charge in [-0.1, -0.05) is 6.08 Å². The molecule has 0 radical (unpaired) electrons. The third-order valence-electron chi connectivity index (χ3n) is 3.61. The molecule has 0 fully saturated rings. The highest BCUT2D eigenvalue weighted by atomic mass is 32.2. The Labute approximate surface area is 118 Å². The molecular formula is C13H17NO5S. The second-order valence-corrected chi connectivity index (χ2v) is 6.97. The first-order valence-electron chi connectivity index (χ1n) is 6.31. The number of rotatable bonds is 3. The predicted octanol–water partition coefficient (Wildman–Crippen LogP) is 0.613. The zero-order valence-electron chi connectivity index (χ0n) is 11.6. The van der Waals surface area contributed by atoms with Gasteiger partial charge in [-0.2, -0.15) is 0 Å². The van der Waals surface area contributed by atoms with E-state index in [0.29, 0.717) is 0 Å². The van der Waals surface area contributed by atoms with Gasteiger partial charge in [0.25, 0.3) is 0 Å². The maximum absolute atomic E-state index is 12.1. The van der Waals surface area contributed by atoms with Crippen LogP contribution in [0.4, 0.5) is 0 Å². The molecule has 0 amide bonds. The number of carbonyl (C=O) groups is 2. The molecule has 0 spiro atoms. The van der Waals surface area contributed by atoms with Crippen LogP contribution in [0, 0.1) is 5.92 Å².